The van der Waals surface area contributed by atoms with Gasteiger partial charge in [0.1, 0.15) is 0 Å². The summed E-state index contributed by atoms with van der Waals surface area (Å²) in [6, 6.07) is 4.97. The first-order chi connectivity index (χ1) is 9.35. The molecule has 1 rings (SSSR count). The summed E-state index contributed by atoms with van der Waals surface area (Å²) in [7, 11) is 1.32. The minimum absolute atomic E-state index is 0.0369. The van der Waals surface area contributed by atoms with Crippen molar-refractivity contribution in [3.05, 3.63) is 38.3 Å². The fourth-order valence-corrected chi connectivity index (χ4v) is 2.06. The number of esters is 1. The lowest BCUT2D eigenvalue weighted by Gasteiger charge is -2.25. The molecule has 0 spiro atoms. The number of rotatable bonds is 6. The molecule has 0 saturated carbocycles. The van der Waals surface area contributed by atoms with Gasteiger partial charge in [-0.15, -0.1) is 0 Å². The lowest BCUT2D eigenvalue weighted by molar-refractivity contribution is -0.385. The molecular formula is C13H17BrN2O4. The summed E-state index contributed by atoms with van der Waals surface area (Å²) in [4.78, 5) is 23.9. The highest BCUT2D eigenvalue weighted by atomic mass is 79.9. The molecule has 0 aromatic heterocycles. The van der Waals surface area contributed by atoms with E-state index in [2.05, 4.69) is 20.7 Å². The van der Waals surface area contributed by atoms with Crippen molar-refractivity contribution in [3.8, 4) is 0 Å². The molecule has 110 valence electrons. The number of nitro benzene ring substituents is 1. The zero-order valence-corrected chi connectivity index (χ0v) is 13.2. The quantitative estimate of drug-likeness (QED) is 0.450. The summed E-state index contributed by atoms with van der Waals surface area (Å²) in [5, 5.41) is 11.1. The minimum Gasteiger partial charge on any atom is -0.468 e. The van der Waals surface area contributed by atoms with E-state index in [0.717, 1.165) is 0 Å². The Morgan fingerprint density at radius 3 is 2.65 bits per heavy atom. The molecule has 0 N–H and O–H groups in total. The standard InChI is InChI=1S/C13H17BrN2O4/c1-9(2)15(8-13(17)20-3)7-10-4-5-11(14)6-12(10)16(18)19/h4-6,9H,7-8H2,1-3H3. The number of methoxy groups -OCH3 is 1. The zero-order valence-electron chi connectivity index (χ0n) is 11.6. The molecule has 0 unspecified atom stereocenters. The SMILES string of the molecule is COC(=O)CN(Cc1ccc(Br)cc1[N+](=O)[O-])C(C)C. The Morgan fingerprint density at radius 1 is 1.50 bits per heavy atom. The Morgan fingerprint density at radius 2 is 2.15 bits per heavy atom. The number of hydrogen-bond donors (Lipinski definition) is 0. The van der Waals surface area contributed by atoms with Gasteiger partial charge in [-0.1, -0.05) is 15.9 Å². The molecule has 0 heterocycles. The van der Waals surface area contributed by atoms with Crippen LogP contribution >= 0.6 is 15.9 Å². The number of ether oxygens (including phenoxy) is 1. The molecule has 0 bridgehead atoms. The summed E-state index contributed by atoms with van der Waals surface area (Å²) in [6.45, 7) is 4.26. The van der Waals surface area contributed by atoms with Crippen LogP contribution in [0.3, 0.4) is 0 Å². The van der Waals surface area contributed by atoms with E-state index in [9.17, 15) is 14.9 Å². The third kappa shape index (κ3) is 4.57. The molecule has 6 nitrogen and oxygen atoms in total. The maximum atomic E-state index is 11.4. The van der Waals surface area contributed by atoms with Crippen LogP contribution in [-0.4, -0.2) is 35.5 Å². The molecule has 0 saturated heterocycles. The topological polar surface area (TPSA) is 72.7 Å². The second-order valence-electron chi connectivity index (χ2n) is 4.61. The first-order valence-electron chi connectivity index (χ1n) is 6.08. The van der Waals surface area contributed by atoms with E-state index in [-0.39, 0.29) is 24.2 Å². The van der Waals surface area contributed by atoms with Crippen LogP contribution in [0, 0.1) is 10.1 Å². The van der Waals surface area contributed by atoms with Gasteiger partial charge in [-0.25, -0.2) is 0 Å². The summed E-state index contributed by atoms with van der Waals surface area (Å²) >= 11 is 3.22. The van der Waals surface area contributed by atoms with E-state index in [0.29, 0.717) is 16.6 Å². The molecule has 0 radical (unpaired) electrons. The molecule has 20 heavy (non-hydrogen) atoms. The summed E-state index contributed by atoms with van der Waals surface area (Å²) in [6.07, 6.45) is 0. The summed E-state index contributed by atoms with van der Waals surface area (Å²) in [5.41, 5.74) is 0.602. The molecule has 1 aromatic rings. The number of nitrogens with zero attached hydrogens (tertiary/aromatic N) is 2. The number of carbonyl (C=O) groups excluding carboxylic acids is 1. The normalized spacial score (nSPS) is 10.9. The molecule has 0 aliphatic carbocycles. The van der Waals surface area contributed by atoms with Gasteiger partial charge in [0.15, 0.2) is 0 Å². The van der Waals surface area contributed by atoms with Crippen LogP contribution in [0.5, 0.6) is 0 Å². The molecule has 0 aliphatic rings. The van der Waals surface area contributed by atoms with Gasteiger partial charge in [-0.2, -0.15) is 0 Å². The molecule has 0 atom stereocenters. The van der Waals surface area contributed by atoms with Crippen LogP contribution in [0.15, 0.2) is 22.7 Å². The van der Waals surface area contributed by atoms with E-state index < -0.39 is 4.92 Å². The first-order valence-corrected chi connectivity index (χ1v) is 6.88. The maximum absolute atomic E-state index is 11.4. The van der Waals surface area contributed by atoms with Crippen LogP contribution in [0.25, 0.3) is 0 Å². The van der Waals surface area contributed by atoms with E-state index in [1.54, 1.807) is 12.1 Å². The maximum Gasteiger partial charge on any atom is 0.319 e. The fourth-order valence-electron chi connectivity index (χ4n) is 1.71. The van der Waals surface area contributed by atoms with Crippen LogP contribution in [-0.2, 0) is 16.1 Å². The smallest absolute Gasteiger partial charge is 0.319 e. The van der Waals surface area contributed by atoms with Gasteiger partial charge in [0.2, 0.25) is 0 Å². The fraction of sp³-hybridized carbons (Fsp3) is 0.462. The summed E-state index contributed by atoms with van der Waals surface area (Å²) in [5.74, 6) is -0.363. The van der Waals surface area contributed by atoms with Crippen molar-refractivity contribution in [1.82, 2.24) is 4.90 Å². The second-order valence-corrected chi connectivity index (χ2v) is 5.52. The van der Waals surface area contributed by atoms with Crippen LogP contribution in [0.2, 0.25) is 0 Å². The van der Waals surface area contributed by atoms with E-state index in [1.807, 2.05) is 18.7 Å². The van der Waals surface area contributed by atoms with Crippen molar-refractivity contribution in [2.45, 2.75) is 26.4 Å². The van der Waals surface area contributed by atoms with Gasteiger partial charge in [0.05, 0.1) is 18.6 Å². The van der Waals surface area contributed by atoms with Crippen molar-refractivity contribution >= 4 is 27.6 Å². The Labute approximate surface area is 126 Å². The van der Waals surface area contributed by atoms with E-state index in [1.165, 1.54) is 13.2 Å². The Kier molecular flexibility index (Phi) is 6.09. The monoisotopic (exact) mass is 344 g/mol. The number of nitro groups is 1. The van der Waals surface area contributed by atoms with Crippen LogP contribution in [0.4, 0.5) is 5.69 Å². The third-order valence-electron chi connectivity index (χ3n) is 2.91. The van der Waals surface area contributed by atoms with Crippen LogP contribution < -0.4 is 0 Å². The molecule has 1 aromatic carbocycles. The molecular weight excluding hydrogens is 328 g/mol. The Balaban J connectivity index is 2.99. The highest BCUT2D eigenvalue weighted by molar-refractivity contribution is 9.10. The van der Waals surface area contributed by atoms with Gasteiger partial charge in [0, 0.05) is 28.7 Å². The number of hydrogen-bond acceptors (Lipinski definition) is 5. The highest BCUT2D eigenvalue weighted by Gasteiger charge is 2.20. The third-order valence-corrected chi connectivity index (χ3v) is 3.40. The lowest BCUT2D eigenvalue weighted by Crippen LogP contribution is -2.35. The average Bonchev–Trinajstić information content (AvgIpc) is 2.39. The predicted octanol–water partition coefficient (Wildman–Crippen LogP) is 2.74. The second kappa shape index (κ2) is 7.35. The molecule has 0 aliphatic heterocycles. The number of benzene rings is 1. The highest BCUT2D eigenvalue weighted by Crippen LogP contribution is 2.25. The zero-order chi connectivity index (χ0) is 15.3. The van der Waals surface area contributed by atoms with Crippen molar-refractivity contribution in [2.24, 2.45) is 0 Å². The predicted molar refractivity (Wildman–Crippen MR) is 78.4 cm³/mol. The lowest BCUT2D eigenvalue weighted by atomic mass is 10.1. The van der Waals surface area contributed by atoms with Crippen molar-refractivity contribution in [1.29, 1.82) is 0 Å². The minimum atomic E-state index is -0.420. The largest absolute Gasteiger partial charge is 0.468 e. The average molecular weight is 345 g/mol. The van der Waals surface area contributed by atoms with Gasteiger partial charge in [-0.3, -0.25) is 19.8 Å². The molecule has 7 heteroatoms. The number of carbonyl (C=O) groups is 1. The van der Waals surface area contributed by atoms with Crippen molar-refractivity contribution in [2.75, 3.05) is 13.7 Å². The van der Waals surface area contributed by atoms with Crippen molar-refractivity contribution in [3.63, 3.8) is 0 Å². The van der Waals surface area contributed by atoms with Gasteiger partial charge >= 0.3 is 5.97 Å². The molecule has 0 fully saturated rings. The number of halogens is 1. The van der Waals surface area contributed by atoms with Crippen LogP contribution in [0.1, 0.15) is 19.4 Å². The van der Waals surface area contributed by atoms with Gasteiger partial charge in [0.25, 0.3) is 5.69 Å². The van der Waals surface area contributed by atoms with E-state index in [4.69, 9.17) is 0 Å². The van der Waals surface area contributed by atoms with E-state index >= 15 is 0 Å². The Bertz CT molecular complexity index is 505. The molecule has 0 amide bonds. The first kappa shape index (κ1) is 16.6. The summed E-state index contributed by atoms with van der Waals surface area (Å²) < 4.78 is 5.29. The van der Waals surface area contributed by atoms with Gasteiger partial charge in [-0.05, 0) is 26.0 Å². The van der Waals surface area contributed by atoms with Gasteiger partial charge < -0.3 is 4.74 Å². The van der Waals surface area contributed by atoms with Crippen molar-refractivity contribution < 1.29 is 14.5 Å². The Hall–Kier alpha value is -1.47.